The minimum atomic E-state index is -4.02. The molecule has 0 bridgehead atoms. The van der Waals surface area contributed by atoms with Gasteiger partial charge in [-0.25, -0.2) is 18.4 Å². The predicted octanol–water partition coefficient (Wildman–Crippen LogP) is 1.53. The number of sulfonamides is 1. The summed E-state index contributed by atoms with van der Waals surface area (Å²) in [6, 6.07) is 2.23. The van der Waals surface area contributed by atoms with Crippen LogP contribution in [0.25, 0.3) is 0 Å². The van der Waals surface area contributed by atoms with E-state index in [9.17, 15) is 13.2 Å². The summed E-state index contributed by atoms with van der Waals surface area (Å²) in [5.41, 5.74) is -0.309. The zero-order valence-corrected chi connectivity index (χ0v) is 13.9. The average molecular weight is 343 g/mol. The van der Waals surface area contributed by atoms with Crippen LogP contribution in [-0.2, 0) is 20.2 Å². The van der Waals surface area contributed by atoms with Crippen molar-refractivity contribution in [2.24, 2.45) is 5.14 Å². The number of carbonyl (C=O) groups excluding carboxylic acids is 1. The van der Waals surface area contributed by atoms with Crippen LogP contribution >= 0.6 is 0 Å². The molecule has 0 saturated carbocycles. The molecule has 0 aliphatic rings. The van der Waals surface area contributed by atoms with E-state index < -0.39 is 27.2 Å². The SMILES string of the molecule is CC(OC(=O)c1ccc(S(N)(=O)=O)o1)c1nc(C(C)(C)C)no1. The standard InChI is InChI=1S/C13H17N3O6S/c1-7(10-15-12(16-22-10)13(2,3)4)20-11(17)8-5-6-9(21-8)23(14,18)19/h5-7H,1-4H3,(H2,14,18,19). The van der Waals surface area contributed by atoms with Crippen molar-refractivity contribution in [3.63, 3.8) is 0 Å². The molecule has 2 aromatic heterocycles. The summed E-state index contributed by atoms with van der Waals surface area (Å²) in [6.07, 6.45) is -0.825. The lowest BCUT2D eigenvalue weighted by atomic mass is 9.96. The van der Waals surface area contributed by atoms with Crippen LogP contribution in [0.5, 0.6) is 0 Å². The van der Waals surface area contributed by atoms with E-state index in [-0.39, 0.29) is 17.1 Å². The zero-order chi connectivity index (χ0) is 17.4. The lowest BCUT2D eigenvalue weighted by Crippen LogP contribution is -2.14. The zero-order valence-electron chi connectivity index (χ0n) is 13.1. The van der Waals surface area contributed by atoms with Crippen LogP contribution in [0.3, 0.4) is 0 Å². The number of rotatable bonds is 4. The highest BCUT2D eigenvalue weighted by atomic mass is 32.2. The first kappa shape index (κ1) is 17.2. The second kappa shape index (κ2) is 5.78. The molecule has 0 fully saturated rings. The Morgan fingerprint density at radius 2 is 2.00 bits per heavy atom. The second-order valence-electron chi connectivity index (χ2n) is 5.92. The molecule has 2 rings (SSSR count). The van der Waals surface area contributed by atoms with Crippen molar-refractivity contribution >= 4 is 16.0 Å². The molecule has 2 aromatic rings. The second-order valence-corrected chi connectivity index (χ2v) is 7.41. The van der Waals surface area contributed by atoms with Gasteiger partial charge >= 0.3 is 5.97 Å². The summed E-state index contributed by atoms with van der Waals surface area (Å²) in [5, 5.41) is 8.20. The summed E-state index contributed by atoms with van der Waals surface area (Å²) in [5.74, 6) is -0.564. The highest BCUT2D eigenvalue weighted by Crippen LogP contribution is 2.23. The lowest BCUT2D eigenvalue weighted by molar-refractivity contribution is 0.0225. The Morgan fingerprint density at radius 1 is 1.35 bits per heavy atom. The van der Waals surface area contributed by atoms with E-state index in [4.69, 9.17) is 18.8 Å². The molecule has 0 aliphatic heterocycles. The Morgan fingerprint density at radius 3 is 2.48 bits per heavy atom. The highest BCUT2D eigenvalue weighted by Gasteiger charge is 2.26. The third-order valence-electron chi connectivity index (χ3n) is 2.81. The summed E-state index contributed by atoms with van der Waals surface area (Å²) in [4.78, 5) is 16.1. The first-order valence-electron chi connectivity index (χ1n) is 6.66. The quantitative estimate of drug-likeness (QED) is 0.824. The number of nitrogens with zero attached hydrogens (tertiary/aromatic N) is 2. The van der Waals surface area contributed by atoms with Crippen molar-refractivity contribution in [1.82, 2.24) is 10.1 Å². The number of ether oxygens (including phenoxy) is 1. The minimum absolute atomic E-state index is 0.126. The fourth-order valence-corrected chi connectivity index (χ4v) is 2.02. The number of aromatic nitrogens is 2. The van der Waals surface area contributed by atoms with E-state index >= 15 is 0 Å². The van der Waals surface area contributed by atoms with Gasteiger partial charge in [-0.2, -0.15) is 4.98 Å². The van der Waals surface area contributed by atoms with E-state index in [1.165, 1.54) is 0 Å². The van der Waals surface area contributed by atoms with Crippen LogP contribution in [0.1, 0.15) is 56.1 Å². The number of hydrogen-bond donors (Lipinski definition) is 1. The van der Waals surface area contributed by atoms with Crippen LogP contribution < -0.4 is 5.14 Å². The van der Waals surface area contributed by atoms with Gasteiger partial charge in [-0.3, -0.25) is 0 Å². The molecule has 10 heteroatoms. The van der Waals surface area contributed by atoms with Crippen LogP contribution in [0.15, 0.2) is 26.2 Å². The van der Waals surface area contributed by atoms with Gasteiger partial charge in [0.1, 0.15) is 0 Å². The molecule has 0 aliphatic carbocycles. The van der Waals surface area contributed by atoms with E-state index in [1.807, 2.05) is 20.8 Å². The fourth-order valence-electron chi connectivity index (χ4n) is 1.56. The molecule has 1 unspecified atom stereocenters. The van der Waals surface area contributed by atoms with Crippen molar-refractivity contribution in [3.8, 4) is 0 Å². The molecule has 2 N–H and O–H groups in total. The van der Waals surface area contributed by atoms with Crippen molar-refractivity contribution in [3.05, 3.63) is 29.6 Å². The Labute approximate surface area is 132 Å². The maximum atomic E-state index is 11.9. The van der Waals surface area contributed by atoms with Crippen LogP contribution in [0.2, 0.25) is 0 Å². The van der Waals surface area contributed by atoms with Gasteiger partial charge in [0, 0.05) is 5.41 Å². The molecular weight excluding hydrogens is 326 g/mol. The van der Waals surface area contributed by atoms with Gasteiger partial charge in [0.25, 0.3) is 15.9 Å². The van der Waals surface area contributed by atoms with Gasteiger partial charge in [0.05, 0.1) is 0 Å². The van der Waals surface area contributed by atoms with Crippen molar-refractivity contribution < 1.29 is 26.9 Å². The molecule has 0 radical (unpaired) electrons. The first-order chi connectivity index (χ1) is 10.5. The van der Waals surface area contributed by atoms with Crippen molar-refractivity contribution in [1.29, 1.82) is 0 Å². The van der Waals surface area contributed by atoms with Gasteiger partial charge in [-0.1, -0.05) is 25.9 Å². The third-order valence-corrected chi connectivity index (χ3v) is 3.59. The molecular formula is C13H17N3O6S. The number of carbonyl (C=O) groups is 1. The number of furan rings is 1. The predicted molar refractivity (Wildman–Crippen MR) is 76.9 cm³/mol. The van der Waals surface area contributed by atoms with Gasteiger partial charge in [-0.05, 0) is 19.1 Å². The van der Waals surface area contributed by atoms with Crippen LogP contribution in [0.4, 0.5) is 0 Å². The Balaban J connectivity index is 2.11. The smallest absolute Gasteiger partial charge is 0.375 e. The van der Waals surface area contributed by atoms with Crippen molar-refractivity contribution in [2.75, 3.05) is 0 Å². The topological polar surface area (TPSA) is 139 Å². The molecule has 126 valence electrons. The molecule has 0 spiro atoms. The molecule has 0 aromatic carbocycles. The molecule has 0 saturated heterocycles. The monoisotopic (exact) mass is 343 g/mol. The third kappa shape index (κ3) is 3.96. The highest BCUT2D eigenvalue weighted by molar-refractivity contribution is 7.89. The van der Waals surface area contributed by atoms with E-state index in [1.54, 1.807) is 6.92 Å². The summed E-state index contributed by atoms with van der Waals surface area (Å²) >= 11 is 0. The van der Waals surface area contributed by atoms with Crippen molar-refractivity contribution in [2.45, 2.75) is 44.3 Å². The maximum Gasteiger partial charge on any atom is 0.375 e. The summed E-state index contributed by atoms with van der Waals surface area (Å²) in [6.45, 7) is 7.28. The van der Waals surface area contributed by atoms with E-state index in [0.717, 1.165) is 12.1 Å². The Hall–Kier alpha value is -2.20. The van der Waals surface area contributed by atoms with E-state index in [0.29, 0.717) is 5.82 Å². The molecule has 9 nitrogen and oxygen atoms in total. The molecule has 23 heavy (non-hydrogen) atoms. The normalized spacial score (nSPS) is 13.8. The average Bonchev–Trinajstić information content (AvgIpc) is 3.07. The fraction of sp³-hybridized carbons (Fsp3) is 0.462. The van der Waals surface area contributed by atoms with Gasteiger partial charge < -0.3 is 13.7 Å². The van der Waals surface area contributed by atoms with Crippen LogP contribution in [0, 0.1) is 0 Å². The molecule has 2 heterocycles. The van der Waals surface area contributed by atoms with Gasteiger partial charge in [0.15, 0.2) is 11.9 Å². The number of esters is 1. The first-order valence-corrected chi connectivity index (χ1v) is 8.21. The van der Waals surface area contributed by atoms with Gasteiger partial charge in [-0.15, -0.1) is 0 Å². The lowest BCUT2D eigenvalue weighted by Gasteiger charge is -2.11. The van der Waals surface area contributed by atoms with Gasteiger partial charge in [0.2, 0.25) is 10.9 Å². The number of nitrogens with two attached hydrogens (primary N) is 1. The van der Waals surface area contributed by atoms with E-state index in [2.05, 4.69) is 10.1 Å². The summed E-state index contributed by atoms with van der Waals surface area (Å²) in [7, 11) is -4.02. The Kier molecular flexibility index (Phi) is 4.31. The summed E-state index contributed by atoms with van der Waals surface area (Å²) < 4.78 is 37.2. The Bertz CT molecular complexity index is 815. The largest absolute Gasteiger partial charge is 0.447 e. The number of primary sulfonamides is 1. The maximum absolute atomic E-state index is 11.9. The molecule has 0 amide bonds. The minimum Gasteiger partial charge on any atom is -0.447 e. The molecule has 1 atom stereocenters. The van der Waals surface area contributed by atoms with Crippen LogP contribution in [-0.4, -0.2) is 24.5 Å². The number of hydrogen-bond acceptors (Lipinski definition) is 8.